The van der Waals surface area contributed by atoms with E-state index in [-0.39, 0.29) is 5.56 Å². The van der Waals surface area contributed by atoms with Crippen LogP contribution in [0.5, 0.6) is 0 Å². The van der Waals surface area contributed by atoms with Gasteiger partial charge in [0, 0.05) is 6.42 Å². The number of fused-ring (bicyclic) bond motifs is 1. The van der Waals surface area contributed by atoms with E-state index in [0.29, 0.717) is 11.4 Å². The van der Waals surface area contributed by atoms with E-state index in [9.17, 15) is 4.79 Å². The van der Waals surface area contributed by atoms with Gasteiger partial charge in [0.2, 0.25) is 0 Å². The molecule has 2 aliphatic rings. The lowest BCUT2D eigenvalue weighted by Crippen LogP contribution is -2.17. The molecular weight excluding hydrogens is 252 g/mol. The molecule has 2 saturated carbocycles. The third-order valence-corrected chi connectivity index (χ3v) is 4.61. The van der Waals surface area contributed by atoms with Crippen LogP contribution in [0.4, 0.5) is 0 Å². The van der Waals surface area contributed by atoms with Crippen molar-refractivity contribution in [2.24, 2.45) is 5.92 Å². The summed E-state index contributed by atoms with van der Waals surface area (Å²) in [5.41, 5.74) is 0.754. The Morgan fingerprint density at radius 1 is 1.20 bits per heavy atom. The predicted molar refractivity (Wildman–Crippen MR) is 76.7 cm³/mol. The number of H-pyrrole nitrogens is 1. The number of hydrogen-bond donors (Lipinski definition) is 1. The SMILES string of the molecule is O=c1[nH]c(CC2CC2)nc2c1cnn2C1CCCCC1. The highest BCUT2D eigenvalue weighted by Gasteiger charge is 2.24. The molecule has 0 spiro atoms. The van der Waals surface area contributed by atoms with Gasteiger partial charge >= 0.3 is 0 Å². The highest BCUT2D eigenvalue weighted by molar-refractivity contribution is 5.73. The summed E-state index contributed by atoms with van der Waals surface area (Å²) in [5, 5.41) is 5.08. The van der Waals surface area contributed by atoms with Crippen LogP contribution < -0.4 is 5.56 Å². The largest absolute Gasteiger partial charge is 0.310 e. The van der Waals surface area contributed by atoms with Gasteiger partial charge in [-0.3, -0.25) is 4.79 Å². The first-order chi connectivity index (χ1) is 9.81. The van der Waals surface area contributed by atoms with Crippen molar-refractivity contribution in [3.05, 3.63) is 22.4 Å². The molecule has 0 saturated heterocycles. The molecule has 2 aromatic heterocycles. The number of aromatic nitrogens is 4. The minimum atomic E-state index is -0.0345. The summed E-state index contributed by atoms with van der Waals surface area (Å²) in [6, 6.07) is 0.421. The second kappa shape index (κ2) is 4.72. The van der Waals surface area contributed by atoms with Crippen LogP contribution >= 0.6 is 0 Å². The van der Waals surface area contributed by atoms with E-state index in [4.69, 9.17) is 4.98 Å². The van der Waals surface area contributed by atoms with E-state index in [2.05, 4.69) is 10.1 Å². The van der Waals surface area contributed by atoms with Gasteiger partial charge in [0.1, 0.15) is 11.2 Å². The molecule has 2 fully saturated rings. The fraction of sp³-hybridized carbons (Fsp3) is 0.667. The maximum Gasteiger partial charge on any atom is 0.262 e. The first kappa shape index (κ1) is 12.1. The summed E-state index contributed by atoms with van der Waals surface area (Å²) < 4.78 is 2.00. The fourth-order valence-electron chi connectivity index (χ4n) is 3.27. The van der Waals surface area contributed by atoms with E-state index in [1.54, 1.807) is 6.20 Å². The Kier molecular flexibility index (Phi) is 2.86. The minimum Gasteiger partial charge on any atom is -0.310 e. The molecule has 5 nitrogen and oxygen atoms in total. The third kappa shape index (κ3) is 2.15. The first-order valence-electron chi connectivity index (χ1n) is 7.77. The summed E-state index contributed by atoms with van der Waals surface area (Å²) in [7, 11) is 0. The predicted octanol–water partition coefficient (Wildman–Crippen LogP) is 2.58. The Balaban J connectivity index is 1.76. The number of nitrogens with zero attached hydrogens (tertiary/aromatic N) is 3. The van der Waals surface area contributed by atoms with Gasteiger partial charge in [0.15, 0.2) is 5.65 Å². The lowest BCUT2D eigenvalue weighted by molar-refractivity contribution is 0.335. The van der Waals surface area contributed by atoms with E-state index >= 15 is 0 Å². The Morgan fingerprint density at radius 3 is 2.75 bits per heavy atom. The van der Waals surface area contributed by atoms with Crippen LogP contribution in [0.3, 0.4) is 0 Å². The molecule has 20 heavy (non-hydrogen) atoms. The molecule has 0 atom stereocenters. The minimum absolute atomic E-state index is 0.0345. The molecule has 0 aliphatic heterocycles. The number of aromatic amines is 1. The molecule has 106 valence electrons. The van der Waals surface area contributed by atoms with Gasteiger partial charge in [-0.2, -0.15) is 5.10 Å². The molecule has 2 heterocycles. The van der Waals surface area contributed by atoms with Crippen molar-refractivity contribution < 1.29 is 0 Å². The summed E-state index contributed by atoms with van der Waals surface area (Å²) in [6.07, 6.45) is 11.3. The molecule has 0 bridgehead atoms. The van der Waals surface area contributed by atoms with Crippen LogP contribution in [-0.4, -0.2) is 19.7 Å². The van der Waals surface area contributed by atoms with Crippen molar-refractivity contribution in [1.82, 2.24) is 19.7 Å². The molecular formula is C15H20N4O. The topological polar surface area (TPSA) is 63.6 Å². The Bertz CT molecular complexity index is 677. The van der Waals surface area contributed by atoms with Crippen LogP contribution in [0.2, 0.25) is 0 Å². The molecule has 1 N–H and O–H groups in total. The van der Waals surface area contributed by atoms with Crippen LogP contribution in [0.1, 0.15) is 56.8 Å². The number of hydrogen-bond acceptors (Lipinski definition) is 3. The molecule has 0 radical (unpaired) electrons. The van der Waals surface area contributed by atoms with E-state index in [1.807, 2.05) is 4.68 Å². The number of nitrogens with one attached hydrogen (secondary N) is 1. The normalized spacial score (nSPS) is 20.6. The Labute approximate surface area is 117 Å². The fourth-order valence-corrected chi connectivity index (χ4v) is 3.27. The molecule has 2 aliphatic carbocycles. The van der Waals surface area contributed by atoms with Gasteiger partial charge in [0.25, 0.3) is 5.56 Å². The zero-order chi connectivity index (χ0) is 13.5. The average Bonchev–Trinajstić information content (AvgIpc) is 3.16. The lowest BCUT2D eigenvalue weighted by Gasteiger charge is -2.22. The second-order valence-corrected chi connectivity index (χ2v) is 6.28. The highest BCUT2D eigenvalue weighted by Crippen LogP contribution is 2.32. The van der Waals surface area contributed by atoms with E-state index < -0.39 is 0 Å². The molecule has 2 aromatic rings. The lowest BCUT2D eigenvalue weighted by atomic mass is 9.96. The molecule has 0 amide bonds. The van der Waals surface area contributed by atoms with E-state index in [0.717, 1.165) is 36.7 Å². The van der Waals surface area contributed by atoms with Crippen molar-refractivity contribution in [3.8, 4) is 0 Å². The van der Waals surface area contributed by atoms with Crippen molar-refractivity contribution in [1.29, 1.82) is 0 Å². The van der Waals surface area contributed by atoms with Gasteiger partial charge in [0.05, 0.1) is 12.2 Å². The first-order valence-corrected chi connectivity index (χ1v) is 7.77. The van der Waals surface area contributed by atoms with Gasteiger partial charge in [-0.1, -0.05) is 19.3 Å². The average molecular weight is 272 g/mol. The van der Waals surface area contributed by atoms with Crippen molar-refractivity contribution >= 4 is 11.0 Å². The zero-order valence-electron chi connectivity index (χ0n) is 11.6. The van der Waals surface area contributed by atoms with Crippen molar-refractivity contribution in [2.75, 3.05) is 0 Å². The second-order valence-electron chi connectivity index (χ2n) is 6.28. The third-order valence-electron chi connectivity index (χ3n) is 4.61. The monoisotopic (exact) mass is 272 g/mol. The Hall–Kier alpha value is -1.65. The maximum absolute atomic E-state index is 12.1. The van der Waals surface area contributed by atoms with Gasteiger partial charge < -0.3 is 4.98 Å². The van der Waals surface area contributed by atoms with Crippen molar-refractivity contribution in [2.45, 2.75) is 57.4 Å². The van der Waals surface area contributed by atoms with Gasteiger partial charge in [-0.25, -0.2) is 9.67 Å². The molecule has 0 unspecified atom stereocenters. The van der Waals surface area contributed by atoms with E-state index in [1.165, 1.54) is 32.1 Å². The maximum atomic E-state index is 12.1. The quantitative estimate of drug-likeness (QED) is 0.934. The summed E-state index contributed by atoms with van der Waals surface area (Å²) in [4.78, 5) is 19.8. The van der Waals surface area contributed by atoms with Gasteiger partial charge in [-0.15, -0.1) is 0 Å². The zero-order valence-corrected chi connectivity index (χ0v) is 11.6. The van der Waals surface area contributed by atoms with Crippen molar-refractivity contribution in [3.63, 3.8) is 0 Å². The van der Waals surface area contributed by atoms with Crippen LogP contribution in [0.25, 0.3) is 11.0 Å². The summed E-state index contributed by atoms with van der Waals surface area (Å²) in [6.45, 7) is 0. The van der Waals surface area contributed by atoms with Crippen LogP contribution in [0, 0.1) is 5.92 Å². The van der Waals surface area contributed by atoms with Gasteiger partial charge in [-0.05, 0) is 31.6 Å². The molecule has 5 heteroatoms. The Morgan fingerprint density at radius 2 is 2.00 bits per heavy atom. The number of rotatable bonds is 3. The summed E-state index contributed by atoms with van der Waals surface area (Å²) >= 11 is 0. The molecule has 0 aromatic carbocycles. The van der Waals surface area contributed by atoms with Crippen LogP contribution in [0.15, 0.2) is 11.0 Å². The highest BCUT2D eigenvalue weighted by atomic mass is 16.1. The standard InChI is InChI=1S/C15H20N4O/c20-15-12-9-16-19(11-4-2-1-3-5-11)14(12)17-13(18-15)8-10-6-7-10/h9-11H,1-8H2,(H,17,18,20). The van der Waals surface area contributed by atoms with Crippen LogP contribution in [-0.2, 0) is 6.42 Å². The smallest absolute Gasteiger partial charge is 0.262 e. The molecule has 4 rings (SSSR count). The summed E-state index contributed by atoms with van der Waals surface area (Å²) in [5.74, 6) is 1.56.